The van der Waals surface area contributed by atoms with Gasteiger partial charge >= 0.3 is 23.9 Å². The van der Waals surface area contributed by atoms with Crippen molar-refractivity contribution in [1.82, 2.24) is 0 Å². The van der Waals surface area contributed by atoms with E-state index >= 15 is 0 Å². The normalized spacial score (nSPS) is 28.8. The number of methoxy groups -OCH3 is 2. The molecule has 87 heavy (non-hydrogen) atoms. The molecule has 31 nitrogen and oxygen atoms in total. The van der Waals surface area contributed by atoms with Crippen molar-refractivity contribution in [2.45, 2.75) is 105 Å². The lowest BCUT2D eigenvalue weighted by Gasteiger charge is -2.46. The van der Waals surface area contributed by atoms with E-state index in [4.69, 9.17) is 61.9 Å². The van der Waals surface area contributed by atoms with Gasteiger partial charge in [-0.15, -0.1) is 0 Å². The number of rotatable bonds is 21. The van der Waals surface area contributed by atoms with Crippen molar-refractivity contribution in [1.29, 1.82) is 0 Å². The third-order valence-corrected chi connectivity index (χ3v) is 13.8. The molecule has 4 aromatic rings. The molecule has 15 N–H and O–H groups in total. The summed E-state index contributed by atoms with van der Waals surface area (Å²) < 4.78 is 67.9. The topological polar surface area (TPSA) is 482 Å². The molecule has 0 amide bonds. The van der Waals surface area contributed by atoms with E-state index < -0.39 is 183 Å². The summed E-state index contributed by atoms with van der Waals surface area (Å²) in [5, 5.41) is 161. The lowest BCUT2D eigenvalue weighted by molar-refractivity contribution is -0.364. The number of carbonyl (C=O) groups is 4. The molecular formula is C56H60O31. The first kappa shape index (κ1) is 64.3. The summed E-state index contributed by atoms with van der Waals surface area (Å²) in [6, 6.07) is 12.0. The van der Waals surface area contributed by atoms with Crippen LogP contribution in [0.5, 0.6) is 57.5 Å². The molecule has 0 radical (unpaired) electrons. The zero-order chi connectivity index (χ0) is 63.1. The highest BCUT2D eigenvalue weighted by atomic mass is 16.8. The molecule has 0 bridgehead atoms. The Labute approximate surface area is 490 Å². The van der Waals surface area contributed by atoms with Gasteiger partial charge in [-0.2, -0.15) is 0 Å². The van der Waals surface area contributed by atoms with Crippen molar-refractivity contribution in [2.24, 2.45) is 0 Å². The predicted octanol–water partition coefficient (Wildman–Crippen LogP) is -1.21. The third kappa shape index (κ3) is 15.1. The van der Waals surface area contributed by atoms with E-state index in [0.29, 0.717) is 11.1 Å². The van der Waals surface area contributed by atoms with Crippen molar-refractivity contribution in [3.63, 3.8) is 0 Å². The molecule has 3 saturated heterocycles. The number of ether oxygens (including phenoxy) is 12. The average Bonchev–Trinajstić information content (AvgIpc) is 1.41. The summed E-state index contributed by atoms with van der Waals surface area (Å²) in [6.45, 7) is -2.55. The van der Waals surface area contributed by atoms with Crippen LogP contribution < -0.4 is 18.9 Å². The highest BCUT2D eigenvalue weighted by Crippen LogP contribution is 2.48. The van der Waals surface area contributed by atoms with Crippen LogP contribution in [0.1, 0.15) is 34.8 Å². The first-order valence-electron chi connectivity index (χ1n) is 26.0. The van der Waals surface area contributed by atoms with Crippen molar-refractivity contribution in [3.8, 4) is 57.5 Å². The van der Waals surface area contributed by atoms with Crippen LogP contribution in [-0.4, -0.2) is 227 Å². The number of hydrogen-bond donors (Lipinski definition) is 15. The minimum absolute atomic E-state index is 0.0729. The summed E-state index contributed by atoms with van der Waals surface area (Å²) in [4.78, 5) is 49.1. The van der Waals surface area contributed by atoms with Crippen molar-refractivity contribution in [3.05, 3.63) is 101 Å². The number of phenolic OH excluding ortho intramolecular Hbond substituents is 6. The molecule has 31 heteroatoms. The number of carbonyl (C=O) groups excluding carboxylic acids is 3. The molecule has 0 aliphatic carbocycles. The summed E-state index contributed by atoms with van der Waals surface area (Å²) in [5.74, 6) is -9.85. The van der Waals surface area contributed by atoms with Crippen LogP contribution in [0, 0.1) is 0 Å². The number of aliphatic carboxylic acids is 1. The van der Waals surface area contributed by atoms with Crippen molar-refractivity contribution < 1.29 is 153 Å². The summed E-state index contributed by atoms with van der Waals surface area (Å²) in [6.07, 6.45) is -27.7. The van der Waals surface area contributed by atoms with Crippen LogP contribution >= 0.6 is 0 Å². The second-order valence-corrected chi connectivity index (χ2v) is 19.7. The van der Waals surface area contributed by atoms with Crippen LogP contribution in [0.15, 0.2) is 78.6 Å². The average molecular weight is 1230 g/mol. The smallest absolute Gasteiger partial charge is 0.330 e. The molecule has 0 aromatic heterocycles. The van der Waals surface area contributed by atoms with E-state index in [9.17, 15) is 90.7 Å². The fourth-order valence-electron chi connectivity index (χ4n) is 9.15. The second-order valence-electron chi connectivity index (χ2n) is 19.7. The van der Waals surface area contributed by atoms with Gasteiger partial charge in [-0.25, -0.2) is 9.59 Å². The predicted molar refractivity (Wildman–Crippen MR) is 284 cm³/mol. The quantitative estimate of drug-likeness (QED) is 0.0153. The largest absolute Gasteiger partial charge is 0.508 e. The fraction of sp³-hybridized carbons (Fsp3) is 0.393. The molecule has 16 atom stereocenters. The fourth-order valence-corrected chi connectivity index (χ4v) is 9.15. The van der Waals surface area contributed by atoms with Gasteiger partial charge in [0.1, 0.15) is 116 Å². The number of phenols is 6. The number of benzene rings is 4. The number of esters is 3. The summed E-state index contributed by atoms with van der Waals surface area (Å²) >= 11 is 0. The van der Waals surface area contributed by atoms with Gasteiger partial charge in [0, 0.05) is 29.8 Å². The van der Waals surface area contributed by atoms with Crippen LogP contribution in [0.25, 0.3) is 18.2 Å². The molecule has 4 aromatic carbocycles. The van der Waals surface area contributed by atoms with Gasteiger partial charge in [-0.05, 0) is 65.8 Å². The summed E-state index contributed by atoms with van der Waals surface area (Å²) in [7, 11) is 2.61. The molecule has 3 fully saturated rings. The number of aliphatic hydroxyl groups is 8. The number of hydrogen-bond acceptors (Lipinski definition) is 30. The molecular weight excluding hydrogens is 1170 g/mol. The standard InChI is InChI=1S/C56H60O31/c1-76-33-11-22(3-7-27(33)58)5-9-40(64)78-19-36-44(68)48(72)51(75)55(85-36)87-53-49(73)46(70)38(20-79-41(65)10-6-23-4-8-28(59)34(12-23)77-2)86-56(53)83-35-17-26-31(81-52(35)24-13-29(60)43(67)30(61)14-24)15-25(57)16-32(26)82-54-50(74)47(71)45(69)37(84-54)21-80-42(66)18-39(62)63/h3-17,36-38,44-61,67-75H,18-21H2,1-2H3,(H,62,63). The maximum atomic E-state index is 13.1. The first-order valence-corrected chi connectivity index (χ1v) is 26.0. The van der Waals surface area contributed by atoms with Crippen LogP contribution in [0.3, 0.4) is 0 Å². The molecule has 0 saturated carbocycles. The van der Waals surface area contributed by atoms with Gasteiger partial charge in [-0.3, -0.25) is 9.59 Å². The van der Waals surface area contributed by atoms with E-state index in [0.717, 1.165) is 42.5 Å². The Morgan fingerprint density at radius 1 is 0.529 bits per heavy atom. The molecule has 8 rings (SSSR count). The van der Waals surface area contributed by atoms with E-state index in [1.54, 1.807) is 0 Å². The van der Waals surface area contributed by atoms with Gasteiger partial charge in [0.15, 0.2) is 58.7 Å². The van der Waals surface area contributed by atoms with Crippen molar-refractivity contribution >= 4 is 42.1 Å². The number of carboxylic acid groups (broad SMARTS) is 1. The Hall–Kier alpha value is -8.70. The molecule has 4 aliphatic heterocycles. The van der Waals surface area contributed by atoms with Crippen LogP contribution in [0.2, 0.25) is 0 Å². The monoisotopic (exact) mass is 1230 g/mol. The second kappa shape index (κ2) is 27.8. The number of aromatic hydroxyl groups is 6. The van der Waals surface area contributed by atoms with Gasteiger partial charge in [0.05, 0.1) is 19.8 Å². The lowest BCUT2D eigenvalue weighted by Crippen LogP contribution is -2.64. The SMILES string of the molecule is COc1cc(C=CC(=O)OCC2OC(OC3C(OC4=Cc5c(cc(O)cc5OC5OC(COC(=O)CC(=O)O)C(O)C(O)C5O)OC4c4cc(O)c(O)c(O)c4)OC(COC(=O)C=Cc4ccc(O)c(OC)c4)C(O)C3O)C(O)C(O)C2O)ccc1O. The Balaban J connectivity index is 1.12. The minimum atomic E-state index is -2.25. The van der Waals surface area contributed by atoms with Gasteiger partial charge < -0.3 is 133 Å². The van der Waals surface area contributed by atoms with Gasteiger partial charge in [0.2, 0.25) is 12.6 Å². The van der Waals surface area contributed by atoms with Crippen LogP contribution in [0.4, 0.5) is 0 Å². The zero-order valence-corrected chi connectivity index (χ0v) is 45.5. The molecule has 0 spiro atoms. The first-order chi connectivity index (χ1) is 41.3. The number of aliphatic hydroxyl groups excluding tert-OH is 8. The van der Waals surface area contributed by atoms with Gasteiger partial charge in [0.25, 0.3) is 0 Å². The maximum Gasteiger partial charge on any atom is 0.330 e. The minimum Gasteiger partial charge on any atom is -0.508 e. The zero-order valence-electron chi connectivity index (χ0n) is 45.5. The maximum absolute atomic E-state index is 13.1. The van der Waals surface area contributed by atoms with E-state index in [1.807, 2.05) is 0 Å². The lowest BCUT2D eigenvalue weighted by atomic mass is 9.97. The third-order valence-electron chi connectivity index (χ3n) is 13.8. The Bertz CT molecular complexity index is 3210. The summed E-state index contributed by atoms with van der Waals surface area (Å²) in [5.41, 5.74) is 0.265. The highest BCUT2D eigenvalue weighted by molar-refractivity contribution is 5.90. The molecule has 470 valence electrons. The van der Waals surface area contributed by atoms with Crippen LogP contribution in [-0.2, 0) is 57.1 Å². The van der Waals surface area contributed by atoms with Crippen molar-refractivity contribution in [2.75, 3.05) is 34.0 Å². The Morgan fingerprint density at radius 2 is 1.02 bits per heavy atom. The molecule has 4 heterocycles. The van der Waals surface area contributed by atoms with E-state index in [2.05, 4.69) is 0 Å². The van der Waals surface area contributed by atoms with E-state index in [-0.39, 0.29) is 39.9 Å². The molecule has 16 unspecified atom stereocenters. The van der Waals surface area contributed by atoms with E-state index in [1.165, 1.54) is 62.8 Å². The van der Waals surface area contributed by atoms with Gasteiger partial charge in [-0.1, -0.05) is 12.1 Å². The highest BCUT2D eigenvalue weighted by Gasteiger charge is 2.53. The molecule has 4 aliphatic rings. The number of carboxylic acids is 1. The number of fused-ring (bicyclic) bond motifs is 1. The Kier molecular flexibility index (Phi) is 20.5. The Morgan fingerprint density at radius 3 is 1.55 bits per heavy atom.